The van der Waals surface area contributed by atoms with E-state index in [0.717, 1.165) is 51.3 Å². The van der Waals surface area contributed by atoms with Gasteiger partial charge in [-0.25, -0.2) is 0 Å². The molecule has 3 rings (SSSR count). The van der Waals surface area contributed by atoms with Crippen LogP contribution in [0.4, 0.5) is 0 Å². The molecular formula is C14H27IN4O. The maximum absolute atomic E-state index is 5.44. The van der Waals surface area contributed by atoms with Crippen LogP contribution in [0.3, 0.4) is 0 Å². The molecule has 1 aliphatic carbocycles. The zero-order valence-electron chi connectivity index (χ0n) is 12.5. The van der Waals surface area contributed by atoms with E-state index in [4.69, 9.17) is 4.74 Å². The van der Waals surface area contributed by atoms with Gasteiger partial charge in [-0.15, -0.1) is 24.0 Å². The van der Waals surface area contributed by atoms with Gasteiger partial charge in [0, 0.05) is 45.3 Å². The molecule has 2 heterocycles. The van der Waals surface area contributed by atoms with Gasteiger partial charge in [-0.05, 0) is 18.8 Å². The van der Waals surface area contributed by atoms with Crippen molar-refractivity contribution in [2.75, 3.05) is 46.4 Å². The fourth-order valence-corrected chi connectivity index (χ4v) is 3.16. The van der Waals surface area contributed by atoms with Crippen LogP contribution >= 0.6 is 24.0 Å². The molecule has 0 bridgehead atoms. The summed E-state index contributed by atoms with van der Waals surface area (Å²) in [6.45, 7) is 8.50. The predicted octanol–water partition coefficient (Wildman–Crippen LogP) is 0.995. The first kappa shape index (κ1) is 16.3. The molecular weight excluding hydrogens is 367 g/mol. The summed E-state index contributed by atoms with van der Waals surface area (Å²) in [4.78, 5) is 9.45. The fraction of sp³-hybridized carbons (Fsp3) is 0.929. The zero-order valence-corrected chi connectivity index (χ0v) is 14.9. The van der Waals surface area contributed by atoms with Gasteiger partial charge in [0.05, 0.1) is 13.2 Å². The molecule has 0 aromatic heterocycles. The first-order valence-electron chi connectivity index (χ1n) is 7.58. The summed E-state index contributed by atoms with van der Waals surface area (Å²) in [6.07, 6.45) is 2.54. The molecule has 3 fully saturated rings. The lowest BCUT2D eigenvalue weighted by Gasteiger charge is -2.32. The Morgan fingerprint density at radius 1 is 1.25 bits per heavy atom. The van der Waals surface area contributed by atoms with Crippen LogP contribution in [0.15, 0.2) is 4.99 Å². The zero-order chi connectivity index (χ0) is 13.2. The second-order valence-electron chi connectivity index (χ2n) is 6.05. The monoisotopic (exact) mass is 394 g/mol. The van der Waals surface area contributed by atoms with Crippen LogP contribution in [0.5, 0.6) is 0 Å². The smallest absolute Gasteiger partial charge is 0.193 e. The van der Waals surface area contributed by atoms with Gasteiger partial charge < -0.3 is 15.0 Å². The van der Waals surface area contributed by atoms with Crippen molar-refractivity contribution in [3.63, 3.8) is 0 Å². The SMILES string of the molecule is CN=C(NC1CC1C)N1CCC(N2CCOCC2)C1.I. The highest BCUT2D eigenvalue weighted by Gasteiger charge is 2.36. The van der Waals surface area contributed by atoms with E-state index in [1.165, 1.54) is 12.8 Å². The van der Waals surface area contributed by atoms with Crippen LogP contribution < -0.4 is 5.32 Å². The van der Waals surface area contributed by atoms with E-state index < -0.39 is 0 Å². The number of morpholine rings is 1. The highest BCUT2D eigenvalue weighted by atomic mass is 127. The minimum Gasteiger partial charge on any atom is -0.379 e. The topological polar surface area (TPSA) is 40.1 Å². The molecule has 116 valence electrons. The maximum Gasteiger partial charge on any atom is 0.193 e. The second kappa shape index (κ2) is 7.26. The van der Waals surface area contributed by atoms with Crippen molar-refractivity contribution >= 4 is 29.9 Å². The normalized spacial score (nSPS) is 34.8. The molecule has 0 spiro atoms. The molecule has 0 aromatic rings. The lowest BCUT2D eigenvalue weighted by Crippen LogP contribution is -2.47. The molecule has 0 radical (unpaired) electrons. The Labute approximate surface area is 139 Å². The van der Waals surface area contributed by atoms with Crippen molar-refractivity contribution in [3.05, 3.63) is 0 Å². The molecule has 5 nitrogen and oxygen atoms in total. The molecule has 6 heteroatoms. The number of aliphatic imine (C=N–C) groups is 1. The van der Waals surface area contributed by atoms with Gasteiger partial charge in [-0.2, -0.15) is 0 Å². The van der Waals surface area contributed by atoms with Crippen molar-refractivity contribution in [1.29, 1.82) is 0 Å². The Bertz CT molecular complexity index is 346. The van der Waals surface area contributed by atoms with E-state index in [9.17, 15) is 0 Å². The molecule has 2 saturated heterocycles. The quantitative estimate of drug-likeness (QED) is 0.431. The lowest BCUT2D eigenvalue weighted by molar-refractivity contribution is 0.0195. The number of hydrogen-bond acceptors (Lipinski definition) is 3. The molecule has 1 saturated carbocycles. The number of nitrogens with zero attached hydrogens (tertiary/aromatic N) is 3. The number of hydrogen-bond donors (Lipinski definition) is 1. The largest absolute Gasteiger partial charge is 0.379 e. The molecule has 3 atom stereocenters. The third kappa shape index (κ3) is 3.76. The second-order valence-corrected chi connectivity index (χ2v) is 6.05. The van der Waals surface area contributed by atoms with Gasteiger partial charge in [0.15, 0.2) is 5.96 Å². The Morgan fingerprint density at radius 3 is 2.55 bits per heavy atom. The van der Waals surface area contributed by atoms with Crippen molar-refractivity contribution in [2.24, 2.45) is 10.9 Å². The standard InChI is InChI=1S/C14H26N4O.HI/c1-11-9-13(11)16-14(15-2)18-4-3-12(10-18)17-5-7-19-8-6-17;/h11-13H,3-10H2,1-2H3,(H,15,16);1H. The maximum atomic E-state index is 5.44. The molecule has 3 unspecified atom stereocenters. The Balaban J connectivity index is 0.00000147. The number of likely N-dealkylation sites (tertiary alicyclic amines) is 1. The third-order valence-corrected chi connectivity index (χ3v) is 4.66. The predicted molar refractivity (Wildman–Crippen MR) is 91.8 cm³/mol. The van der Waals surface area contributed by atoms with E-state index in [-0.39, 0.29) is 24.0 Å². The summed E-state index contributed by atoms with van der Waals surface area (Å²) in [5.74, 6) is 1.92. The molecule has 20 heavy (non-hydrogen) atoms. The number of guanidine groups is 1. The van der Waals surface area contributed by atoms with E-state index in [0.29, 0.717) is 12.1 Å². The van der Waals surface area contributed by atoms with Crippen LogP contribution in [-0.4, -0.2) is 74.3 Å². The number of nitrogens with one attached hydrogen (secondary N) is 1. The number of halogens is 1. The van der Waals surface area contributed by atoms with Crippen molar-refractivity contribution in [2.45, 2.75) is 31.8 Å². The Kier molecular flexibility index (Phi) is 5.92. The number of ether oxygens (including phenoxy) is 1. The van der Waals surface area contributed by atoms with Crippen molar-refractivity contribution in [1.82, 2.24) is 15.1 Å². The average molecular weight is 394 g/mol. The van der Waals surface area contributed by atoms with Crippen LogP contribution in [0.25, 0.3) is 0 Å². The van der Waals surface area contributed by atoms with Crippen LogP contribution in [0, 0.1) is 5.92 Å². The van der Waals surface area contributed by atoms with E-state index in [2.05, 4.69) is 27.0 Å². The molecule has 2 aliphatic heterocycles. The van der Waals surface area contributed by atoms with Gasteiger partial charge in [0.2, 0.25) is 0 Å². The highest BCUT2D eigenvalue weighted by Crippen LogP contribution is 2.29. The molecule has 3 aliphatic rings. The van der Waals surface area contributed by atoms with Crippen molar-refractivity contribution in [3.8, 4) is 0 Å². The van der Waals surface area contributed by atoms with E-state index in [1.807, 2.05) is 7.05 Å². The van der Waals surface area contributed by atoms with Gasteiger partial charge in [-0.1, -0.05) is 6.92 Å². The Morgan fingerprint density at radius 2 is 1.95 bits per heavy atom. The first-order chi connectivity index (χ1) is 9.28. The van der Waals surface area contributed by atoms with E-state index in [1.54, 1.807) is 0 Å². The van der Waals surface area contributed by atoms with Crippen molar-refractivity contribution < 1.29 is 4.74 Å². The van der Waals surface area contributed by atoms with Gasteiger partial charge in [0.25, 0.3) is 0 Å². The summed E-state index contributed by atoms with van der Waals surface area (Å²) in [5.41, 5.74) is 0. The van der Waals surface area contributed by atoms with Crippen LogP contribution in [0.1, 0.15) is 19.8 Å². The van der Waals surface area contributed by atoms with Gasteiger partial charge in [0.1, 0.15) is 0 Å². The molecule has 0 aromatic carbocycles. The van der Waals surface area contributed by atoms with Crippen LogP contribution in [-0.2, 0) is 4.74 Å². The summed E-state index contributed by atoms with van der Waals surface area (Å²) >= 11 is 0. The number of rotatable bonds is 2. The minimum absolute atomic E-state index is 0. The van der Waals surface area contributed by atoms with Gasteiger partial charge >= 0.3 is 0 Å². The average Bonchev–Trinajstić information content (AvgIpc) is 2.94. The lowest BCUT2D eigenvalue weighted by atomic mass is 10.2. The minimum atomic E-state index is 0. The summed E-state index contributed by atoms with van der Waals surface area (Å²) in [5, 5.41) is 3.59. The molecule has 0 amide bonds. The summed E-state index contributed by atoms with van der Waals surface area (Å²) < 4.78 is 5.44. The highest BCUT2D eigenvalue weighted by molar-refractivity contribution is 14.0. The first-order valence-corrected chi connectivity index (χ1v) is 7.58. The van der Waals surface area contributed by atoms with Crippen LogP contribution in [0.2, 0.25) is 0 Å². The Hall–Kier alpha value is -0.0800. The fourth-order valence-electron chi connectivity index (χ4n) is 3.16. The summed E-state index contributed by atoms with van der Waals surface area (Å²) in [6, 6.07) is 1.33. The molecule has 1 N–H and O–H groups in total. The summed E-state index contributed by atoms with van der Waals surface area (Å²) in [7, 11) is 1.90. The third-order valence-electron chi connectivity index (χ3n) is 4.66. The van der Waals surface area contributed by atoms with Gasteiger partial charge in [-0.3, -0.25) is 9.89 Å². The van der Waals surface area contributed by atoms with E-state index >= 15 is 0 Å².